The molecule has 6 nitrogen and oxygen atoms in total. The minimum atomic E-state index is -0.918. The molecule has 2 aromatic carbocycles. The summed E-state index contributed by atoms with van der Waals surface area (Å²) in [7, 11) is 0. The Morgan fingerprint density at radius 2 is 1.88 bits per heavy atom. The van der Waals surface area contributed by atoms with E-state index < -0.39 is 12.1 Å². The average Bonchev–Trinajstić information content (AvgIpc) is 3.10. The predicted molar refractivity (Wildman–Crippen MR) is 95.4 cm³/mol. The molecule has 134 valence electrons. The zero-order valence-corrected chi connectivity index (χ0v) is 14.4. The van der Waals surface area contributed by atoms with E-state index in [1.54, 1.807) is 36.1 Å². The highest BCUT2D eigenvalue weighted by Gasteiger charge is 2.29. The molecule has 26 heavy (non-hydrogen) atoms. The zero-order chi connectivity index (χ0) is 18.5. The van der Waals surface area contributed by atoms with Crippen LogP contribution in [0.1, 0.15) is 22.8 Å². The molecule has 0 fully saturated rings. The van der Waals surface area contributed by atoms with E-state index in [1.165, 1.54) is 0 Å². The molecule has 2 aromatic rings. The monoisotopic (exact) mass is 353 g/mol. The molecule has 0 bridgehead atoms. The predicted octanol–water partition coefficient (Wildman–Crippen LogP) is 2.40. The molecular formula is C20H19NO5. The Bertz CT molecular complexity index is 832. The van der Waals surface area contributed by atoms with Crippen molar-refractivity contribution < 1.29 is 23.9 Å². The number of amides is 1. The number of ether oxygens (including phenoxy) is 2. The van der Waals surface area contributed by atoms with E-state index in [1.807, 2.05) is 24.3 Å². The topological polar surface area (TPSA) is 72.9 Å². The first-order chi connectivity index (χ1) is 12.6. The van der Waals surface area contributed by atoms with Gasteiger partial charge < -0.3 is 14.4 Å². The van der Waals surface area contributed by atoms with Gasteiger partial charge in [0.05, 0.1) is 5.56 Å². The number of aldehydes is 1. The van der Waals surface area contributed by atoms with Crippen LogP contribution < -0.4 is 9.64 Å². The van der Waals surface area contributed by atoms with Crippen LogP contribution in [0.4, 0.5) is 5.69 Å². The van der Waals surface area contributed by atoms with Crippen LogP contribution in [-0.2, 0) is 20.7 Å². The van der Waals surface area contributed by atoms with Gasteiger partial charge in [-0.25, -0.2) is 4.79 Å². The highest BCUT2D eigenvalue weighted by molar-refractivity contribution is 5.99. The largest absolute Gasteiger partial charge is 0.481 e. The number of benzene rings is 2. The molecule has 1 amide bonds. The summed E-state index contributed by atoms with van der Waals surface area (Å²) in [5, 5.41) is 0. The molecule has 0 aromatic heterocycles. The van der Waals surface area contributed by atoms with Gasteiger partial charge in [-0.1, -0.05) is 30.3 Å². The summed E-state index contributed by atoms with van der Waals surface area (Å²) in [5.74, 6) is -0.637. The van der Waals surface area contributed by atoms with Gasteiger partial charge in [-0.05, 0) is 37.1 Å². The maximum Gasteiger partial charge on any atom is 0.344 e. The molecule has 0 unspecified atom stereocenters. The Hall–Kier alpha value is -3.15. The molecule has 0 spiro atoms. The van der Waals surface area contributed by atoms with Crippen molar-refractivity contribution in [1.82, 2.24) is 0 Å². The van der Waals surface area contributed by atoms with Crippen LogP contribution in [0.25, 0.3) is 0 Å². The van der Waals surface area contributed by atoms with E-state index in [0.717, 1.165) is 17.7 Å². The third-order valence-electron chi connectivity index (χ3n) is 4.20. The molecule has 0 saturated carbocycles. The summed E-state index contributed by atoms with van der Waals surface area (Å²) < 4.78 is 10.5. The summed E-state index contributed by atoms with van der Waals surface area (Å²) in [4.78, 5) is 37.1. The molecule has 1 heterocycles. The number of carbonyl (C=O) groups excluding carboxylic acids is 3. The quantitative estimate of drug-likeness (QED) is 0.589. The van der Waals surface area contributed by atoms with Gasteiger partial charge in [0.25, 0.3) is 5.91 Å². The minimum absolute atomic E-state index is 0.267. The van der Waals surface area contributed by atoms with Gasteiger partial charge in [0.2, 0.25) is 0 Å². The zero-order valence-electron chi connectivity index (χ0n) is 14.4. The second kappa shape index (κ2) is 7.82. The number of esters is 1. The lowest BCUT2D eigenvalue weighted by atomic mass is 10.2. The Kier molecular flexibility index (Phi) is 5.31. The van der Waals surface area contributed by atoms with E-state index in [0.29, 0.717) is 24.1 Å². The first kappa shape index (κ1) is 17.7. The highest BCUT2D eigenvalue weighted by atomic mass is 16.6. The number of anilines is 1. The molecule has 1 aliphatic rings. The van der Waals surface area contributed by atoms with Crippen molar-refractivity contribution in [3.63, 3.8) is 0 Å². The van der Waals surface area contributed by atoms with Gasteiger partial charge in [0, 0.05) is 12.2 Å². The number of carbonyl (C=O) groups is 3. The Morgan fingerprint density at radius 3 is 2.69 bits per heavy atom. The third-order valence-corrected chi connectivity index (χ3v) is 4.20. The standard InChI is InChI=1S/C20H19NO5/c1-14(20(24)21-11-10-15-6-2-4-8-17(15)21)26-19(23)13-25-18-9-5-3-7-16(18)12-22/h2-9,12,14H,10-11,13H2,1H3/t14-/m0/s1. The van der Waals surface area contributed by atoms with Crippen LogP contribution >= 0.6 is 0 Å². The second-order valence-corrected chi connectivity index (χ2v) is 5.95. The van der Waals surface area contributed by atoms with Crippen LogP contribution in [0.3, 0.4) is 0 Å². The minimum Gasteiger partial charge on any atom is -0.481 e. The highest BCUT2D eigenvalue weighted by Crippen LogP contribution is 2.28. The lowest BCUT2D eigenvalue weighted by Crippen LogP contribution is -2.39. The molecule has 3 rings (SSSR count). The van der Waals surface area contributed by atoms with Gasteiger partial charge in [-0.15, -0.1) is 0 Å². The number of hydrogen-bond donors (Lipinski definition) is 0. The van der Waals surface area contributed by atoms with Crippen molar-refractivity contribution in [2.24, 2.45) is 0 Å². The van der Waals surface area contributed by atoms with Crippen molar-refractivity contribution in [1.29, 1.82) is 0 Å². The number of hydrogen-bond acceptors (Lipinski definition) is 5. The van der Waals surface area contributed by atoms with Crippen LogP contribution in [0.5, 0.6) is 5.75 Å². The lowest BCUT2D eigenvalue weighted by molar-refractivity contribution is -0.155. The van der Waals surface area contributed by atoms with Crippen molar-refractivity contribution in [3.05, 3.63) is 59.7 Å². The maximum atomic E-state index is 12.6. The molecule has 0 saturated heterocycles. The third kappa shape index (κ3) is 3.74. The molecule has 1 aliphatic heterocycles. The molecule has 1 atom stereocenters. The van der Waals surface area contributed by atoms with Crippen molar-refractivity contribution in [2.45, 2.75) is 19.4 Å². The molecule has 0 N–H and O–H groups in total. The fraction of sp³-hybridized carbons (Fsp3) is 0.250. The van der Waals surface area contributed by atoms with E-state index in [2.05, 4.69) is 0 Å². The summed E-state index contributed by atoms with van der Waals surface area (Å²) >= 11 is 0. The van der Waals surface area contributed by atoms with E-state index in [-0.39, 0.29) is 12.5 Å². The number of para-hydroxylation sites is 2. The fourth-order valence-corrected chi connectivity index (χ4v) is 2.91. The summed E-state index contributed by atoms with van der Waals surface area (Å²) in [6.45, 7) is 1.74. The normalized spacial score (nSPS) is 13.7. The van der Waals surface area contributed by atoms with E-state index in [9.17, 15) is 14.4 Å². The Labute approximate surface area is 151 Å². The Balaban J connectivity index is 1.56. The second-order valence-electron chi connectivity index (χ2n) is 5.95. The van der Waals surface area contributed by atoms with Gasteiger partial charge in [0.15, 0.2) is 19.0 Å². The first-order valence-electron chi connectivity index (χ1n) is 8.36. The molecule has 0 aliphatic carbocycles. The lowest BCUT2D eigenvalue weighted by Gasteiger charge is -2.21. The van der Waals surface area contributed by atoms with Crippen molar-refractivity contribution >= 4 is 23.9 Å². The molecular weight excluding hydrogens is 334 g/mol. The van der Waals surface area contributed by atoms with Crippen LogP contribution in [-0.4, -0.2) is 37.4 Å². The summed E-state index contributed by atoms with van der Waals surface area (Å²) in [5.41, 5.74) is 2.31. The van der Waals surface area contributed by atoms with Crippen molar-refractivity contribution in [2.75, 3.05) is 18.1 Å². The smallest absolute Gasteiger partial charge is 0.344 e. The number of rotatable bonds is 6. The summed E-state index contributed by atoms with van der Waals surface area (Å²) in [6, 6.07) is 14.3. The summed E-state index contributed by atoms with van der Waals surface area (Å²) in [6.07, 6.45) is 0.518. The van der Waals surface area contributed by atoms with E-state index in [4.69, 9.17) is 9.47 Å². The molecule has 0 radical (unpaired) electrons. The van der Waals surface area contributed by atoms with Gasteiger partial charge in [0.1, 0.15) is 5.75 Å². The molecule has 6 heteroatoms. The van der Waals surface area contributed by atoms with Gasteiger partial charge >= 0.3 is 5.97 Å². The Morgan fingerprint density at radius 1 is 1.15 bits per heavy atom. The van der Waals surface area contributed by atoms with Gasteiger partial charge in [-0.3, -0.25) is 9.59 Å². The number of nitrogens with zero attached hydrogens (tertiary/aromatic N) is 1. The average molecular weight is 353 g/mol. The van der Waals surface area contributed by atoms with Crippen molar-refractivity contribution in [3.8, 4) is 5.75 Å². The van der Waals surface area contributed by atoms with Gasteiger partial charge in [-0.2, -0.15) is 0 Å². The van der Waals surface area contributed by atoms with Crippen LogP contribution in [0.15, 0.2) is 48.5 Å². The number of fused-ring (bicyclic) bond motifs is 1. The van der Waals surface area contributed by atoms with Crippen LogP contribution in [0.2, 0.25) is 0 Å². The van der Waals surface area contributed by atoms with Crippen LogP contribution in [0, 0.1) is 0 Å². The first-order valence-corrected chi connectivity index (χ1v) is 8.36. The fourth-order valence-electron chi connectivity index (χ4n) is 2.91. The SMILES string of the molecule is C[C@H](OC(=O)COc1ccccc1C=O)C(=O)N1CCc2ccccc21. The van der Waals surface area contributed by atoms with E-state index >= 15 is 0 Å². The maximum absolute atomic E-state index is 12.6.